The maximum absolute atomic E-state index is 12.6. The molecule has 1 aromatic carbocycles. The van der Waals surface area contributed by atoms with Gasteiger partial charge in [-0.1, -0.05) is 25.5 Å². The van der Waals surface area contributed by atoms with Gasteiger partial charge in [0.15, 0.2) is 0 Å². The highest BCUT2D eigenvalue weighted by molar-refractivity contribution is 7.91. The fraction of sp³-hybridized carbons (Fsp3) is 0.600. The van der Waals surface area contributed by atoms with Crippen molar-refractivity contribution in [2.24, 2.45) is 0 Å². The van der Waals surface area contributed by atoms with Crippen molar-refractivity contribution in [1.82, 2.24) is 4.31 Å². The van der Waals surface area contributed by atoms with Crippen molar-refractivity contribution in [3.63, 3.8) is 0 Å². The van der Waals surface area contributed by atoms with Crippen molar-refractivity contribution >= 4 is 19.9 Å². The Bertz CT molecular complexity index is 700. The van der Waals surface area contributed by atoms with Crippen molar-refractivity contribution in [1.29, 1.82) is 0 Å². The lowest BCUT2D eigenvalue weighted by Crippen LogP contribution is -2.42. The Morgan fingerprint density at radius 2 is 1.59 bits per heavy atom. The minimum absolute atomic E-state index is 0.261. The van der Waals surface area contributed by atoms with E-state index >= 15 is 0 Å². The lowest BCUT2D eigenvalue weighted by atomic mass is 10.1. The van der Waals surface area contributed by atoms with Crippen LogP contribution in [0.4, 0.5) is 0 Å². The Hall–Kier alpha value is -0.920. The van der Waals surface area contributed by atoms with Crippen LogP contribution in [0.15, 0.2) is 29.2 Å². The van der Waals surface area contributed by atoms with Crippen molar-refractivity contribution in [3.8, 4) is 0 Å². The zero-order chi connectivity index (χ0) is 16.4. The summed E-state index contributed by atoms with van der Waals surface area (Å²) in [6, 6.07) is 6.98. The highest BCUT2D eigenvalue weighted by Crippen LogP contribution is 2.24. The van der Waals surface area contributed by atoms with Crippen LogP contribution in [-0.4, -0.2) is 45.7 Å². The summed E-state index contributed by atoms with van der Waals surface area (Å²) in [5.41, 5.74) is 1.12. The number of hydrogen-bond donors (Lipinski definition) is 0. The van der Waals surface area contributed by atoms with Gasteiger partial charge >= 0.3 is 0 Å². The van der Waals surface area contributed by atoms with Gasteiger partial charge in [0.25, 0.3) is 0 Å². The number of nitrogens with zero attached hydrogens (tertiary/aromatic N) is 1. The van der Waals surface area contributed by atoms with E-state index in [0.717, 1.165) is 18.4 Å². The van der Waals surface area contributed by atoms with E-state index in [2.05, 4.69) is 6.92 Å². The fourth-order valence-corrected chi connectivity index (χ4v) is 5.30. The van der Waals surface area contributed by atoms with Gasteiger partial charge in [0.1, 0.15) is 9.84 Å². The Morgan fingerprint density at radius 1 is 1.05 bits per heavy atom. The largest absolute Gasteiger partial charge is 0.243 e. The van der Waals surface area contributed by atoms with Crippen molar-refractivity contribution in [2.75, 3.05) is 19.3 Å². The predicted octanol–water partition coefficient (Wildman–Crippen LogP) is 1.84. The average molecular weight is 345 g/mol. The molecule has 7 heteroatoms. The summed E-state index contributed by atoms with van der Waals surface area (Å²) in [6.45, 7) is 2.60. The minimum atomic E-state index is -3.52. The molecule has 0 N–H and O–H groups in total. The SMILES string of the molecule is CCCc1ccc(S(=O)(=O)N2CCC(S(C)(=O)=O)CC2)cc1. The Morgan fingerprint density at radius 3 is 2.05 bits per heavy atom. The molecule has 0 atom stereocenters. The summed E-state index contributed by atoms with van der Waals surface area (Å²) in [4.78, 5) is 0.283. The first kappa shape index (κ1) is 17.4. The van der Waals surface area contributed by atoms with Crippen LogP contribution in [0.5, 0.6) is 0 Å². The monoisotopic (exact) mass is 345 g/mol. The van der Waals surface area contributed by atoms with Crippen LogP contribution in [0, 0.1) is 0 Å². The molecule has 0 bridgehead atoms. The maximum Gasteiger partial charge on any atom is 0.243 e. The Balaban J connectivity index is 2.11. The number of sulfone groups is 1. The molecular formula is C15H23NO4S2. The first-order valence-corrected chi connectivity index (χ1v) is 10.9. The molecule has 2 rings (SSSR count). The van der Waals surface area contributed by atoms with Crippen LogP contribution in [0.2, 0.25) is 0 Å². The van der Waals surface area contributed by atoms with Gasteiger partial charge in [-0.15, -0.1) is 0 Å². The summed E-state index contributed by atoms with van der Waals surface area (Å²) >= 11 is 0. The molecule has 0 aromatic heterocycles. The van der Waals surface area contributed by atoms with E-state index in [0.29, 0.717) is 12.8 Å². The van der Waals surface area contributed by atoms with Gasteiger partial charge in [0.2, 0.25) is 10.0 Å². The third-order valence-electron chi connectivity index (χ3n) is 4.11. The third kappa shape index (κ3) is 3.88. The zero-order valence-electron chi connectivity index (χ0n) is 13.0. The molecule has 1 aromatic rings. The van der Waals surface area contributed by atoms with Crippen LogP contribution in [0.3, 0.4) is 0 Å². The molecule has 1 saturated heterocycles. The molecule has 0 unspecified atom stereocenters. The molecule has 1 fully saturated rings. The molecule has 0 amide bonds. The normalized spacial score (nSPS) is 18.5. The second-order valence-electron chi connectivity index (χ2n) is 5.83. The van der Waals surface area contributed by atoms with E-state index in [4.69, 9.17) is 0 Å². The van der Waals surface area contributed by atoms with Gasteiger partial charge in [-0.05, 0) is 37.0 Å². The molecule has 1 aliphatic rings. The average Bonchev–Trinajstić information content (AvgIpc) is 2.47. The topological polar surface area (TPSA) is 71.5 Å². The quantitative estimate of drug-likeness (QED) is 0.816. The van der Waals surface area contributed by atoms with Crippen LogP contribution in [0.1, 0.15) is 31.7 Å². The number of rotatable bonds is 5. The molecular weight excluding hydrogens is 322 g/mol. The molecule has 0 saturated carbocycles. The predicted molar refractivity (Wildman–Crippen MR) is 87.1 cm³/mol. The molecule has 124 valence electrons. The van der Waals surface area contributed by atoms with Crippen molar-refractivity contribution in [2.45, 2.75) is 42.8 Å². The number of benzene rings is 1. The molecule has 0 radical (unpaired) electrons. The number of hydrogen-bond acceptors (Lipinski definition) is 4. The first-order chi connectivity index (χ1) is 10.2. The van der Waals surface area contributed by atoms with E-state index in [9.17, 15) is 16.8 Å². The van der Waals surface area contributed by atoms with Crippen LogP contribution < -0.4 is 0 Å². The third-order valence-corrected chi connectivity index (χ3v) is 7.70. The number of sulfonamides is 1. The zero-order valence-corrected chi connectivity index (χ0v) is 14.7. The standard InChI is InChI=1S/C15H23NO4S2/c1-3-4-13-5-7-15(8-6-13)22(19,20)16-11-9-14(10-12-16)21(2,17)18/h5-8,14H,3-4,9-12H2,1-2H3. The second kappa shape index (κ2) is 6.68. The molecule has 0 aliphatic carbocycles. The van der Waals surface area contributed by atoms with Crippen LogP contribution in [-0.2, 0) is 26.3 Å². The molecule has 5 nitrogen and oxygen atoms in total. The van der Waals surface area contributed by atoms with E-state index < -0.39 is 25.1 Å². The van der Waals surface area contributed by atoms with E-state index in [1.807, 2.05) is 12.1 Å². The molecule has 1 heterocycles. The van der Waals surface area contributed by atoms with Crippen LogP contribution >= 0.6 is 0 Å². The van der Waals surface area contributed by atoms with Crippen molar-refractivity contribution < 1.29 is 16.8 Å². The fourth-order valence-electron chi connectivity index (χ4n) is 2.77. The lowest BCUT2D eigenvalue weighted by molar-refractivity contribution is 0.346. The van der Waals surface area contributed by atoms with Gasteiger partial charge in [-0.3, -0.25) is 0 Å². The van der Waals surface area contributed by atoms with Gasteiger partial charge < -0.3 is 0 Å². The van der Waals surface area contributed by atoms with E-state index in [-0.39, 0.29) is 18.0 Å². The number of aryl methyl sites for hydroxylation is 1. The van der Waals surface area contributed by atoms with Gasteiger partial charge in [-0.25, -0.2) is 16.8 Å². The first-order valence-electron chi connectivity index (χ1n) is 7.53. The minimum Gasteiger partial charge on any atom is -0.229 e. The summed E-state index contributed by atoms with van der Waals surface area (Å²) < 4.78 is 49.7. The van der Waals surface area contributed by atoms with Gasteiger partial charge in [-0.2, -0.15) is 4.31 Å². The summed E-state index contributed by atoms with van der Waals surface area (Å²) in [6.07, 6.45) is 3.90. The van der Waals surface area contributed by atoms with Gasteiger partial charge in [0.05, 0.1) is 10.1 Å². The highest BCUT2D eigenvalue weighted by atomic mass is 32.2. The van der Waals surface area contributed by atoms with E-state index in [1.54, 1.807) is 12.1 Å². The smallest absolute Gasteiger partial charge is 0.229 e. The second-order valence-corrected chi connectivity index (χ2v) is 10.1. The highest BCUT2D eigenvalue weighted by Gasteiger charge is 2.32. The van der Waals surface area contributed by atoms with Crippen molar-refractivity contribution in [3.05, 3.63) is 29.8 Å². The summed E-state index contributed by atoms with van der Waals surface area (Å²) in [5, 5.41) is -0.425. The van der Waals surface area contributed by atoms with Crippen LogP contribution in [0.25, 0.3) is 0 Å². The Kier molecular flexibility index (Phi) is 5.29. The summed E-state index contributed by atoms with van der Waals surface area (Å²) in [7, 11) is -6.62. The summed E-state index contributed by atoms with van der Waals surface area (Å²) in [5.74, 6) is 0. The Labute approximate surface area is 133 Å². The van der Waals surface area contributed by atoms with E-state index in [1.165, 1.54) is 10.6 Å². The number of piperidine rings is 1. The maximum atomic E-state index is 12.6. The van der Waals surface area contributed by atoms with Gasteiger partial charge in [0, 0.05) is 19.3 Å². The molecule has 1 aliphatic heterocycles. The lowest BCUT2D eigenvalue weighted by Gasteiger charge is -2.30. The molecule has 0 spiro atoms. The molecule has 22 heavy (non-hydrogen) atoms.